The summed E-state index contributed by atoms with van der Waals surface area (Å²) in [5.41, 5.74) is 2.07. The van der Waals surface area contributed by atoms with Gasteiger partial charge in [-0.15, -0.1) is 0 Å². The zero-order chi connectivity index (χ0) is 14.3. The first-order valence-corrected chi connectivity index (χ1v) is 6.60. The topological polar surface area (TPSA) is 61.8 Å². The summed E-state index contributed by atoms with van der Waals surface area (Å²) >= 11 is 6.18. The fourth-order valence-electron chi connectivity index (χ4n) is 2.45. The first-order valence-electron chi connectivity index (χ1n) is 6.22. The summed E-state index contributed by atoms with van der Waals surface area (Å²) in [5, 5.41) is 2.87. The van der Waals surface area contributed by atoms with Crippen molar-refractivity contribution < 1.29 is 9.59 Å². The van der Waals surface area contributed by atoms with E-state index >= 15 is 0 Å². The molecule has 0 radical (unpaired) electrons. The third kappa shape index (κ3) is 2.00. The molecule has 1 N–H and O–H groups in total. The number of imide groups is 1. The molecule has 1 saturated heterocycles. The summed E-state index contributed by atoms with van der Waals surface area (Å²) in [6, 6.07) is 4.93. The maximum Gasteiger partial charge on any atom is 0.249 e. The van der Waals surface area contributed by atoms with Gasteiger partial charge < -0.3 is 4.90 Å². The standard InChI is InChI=1S/C14H12ClN3O2/c1-8-13-9(15)3-2-4-10(13)16-7-18(8)11-5-6-12(19)17-14(11)20/h2-4,7,11H,1,5-6H2,(H,17,19,20). The van der Waals surface area contributed by atoms with Crippen molar-refractivity contribution in [1.29, 1.82) is 0 Å². The number of amides is 2. The molecule has 1 aromatic rings. The fourth-order valence-corrected chi connectivity index (χ4v) is 2.72. The second kappa shape index (κ2) is 4.76. The Balaban J connectivity index is 1.95. The van der Waals surface area contributed by atoms with Gasteiger partial charge in [0.05, 0.1) is 17.0 Å². The first-order chi connectivity index (χ1) is 9.58. The predicted octanol–water partition coefficient (Wildman–Crippen LogP) is 2.09. The van der Waals surface area contributed by atoms with E-state index in [2.05, 4.69) is 16.9 Å². The summed E-state index contributed by atoms with van der Waals surface area (Å²) in [6.07, 6.45) is 2.32. The second-order valence-corrected chi connectivity index (χ2v) is 5.11. The molecule has 20 heavy (non-hydrogen) atoms. The third-order valence-electron chi connectivity index (χ3n) is 3.46. The van der Waals surface area contributed by atoms with Gasteiger partial charge in [-0.3, -0.25) is 14.9 Å². The van der Waals surface area contributed by atoms with Gasteiger partial charge >= 0.3 is 0 Å². The number of carbonyl (C=O) groups is 2. The number of carbonyl (C=O) groups excluding carboxylic acids is 2. The maximum absolute atomic E-state index is 11.9. The number of rotatable bonds is 1. The molecule has 0 bridgehead atoms. The van der Waals surface area contributed by atoms with E-state index in [1.54, 1.807) is 17.3 Å². The molecule has 2 amide bonds. The lowest BCUT2D eigenvalue weighted by Crippen LogP contribution is -2.51. The van der Waals surface area contributed by atoms with Gasteiger partial charge in [-0.05, 0) is 18.6 Å². The van der Waals surface area contributed by atoms with Crippen molar-refractivity contribution in [3.05, 3.63) is 35.4 Å². The summed E-state index contributed by atoms with van der Waals surface area (Å²) in [7, 11) is 0. The van der Waals surface area contributed by atoms with E-state index in [9.17, 15) is 9.59 Å². The quantitative estimate of drug-likeness (QED) is 0.805. The van der Waals surface area contributed by atoms with Crippen LogP contribution in [0.2, 0.25) is 5.02 Å². The van der Waals surface area contributed by atoms with Crippen LogP contribution in [0.4, 0.5) is 5.69 Å². The van der Waals surface area contributed by atoms with Crippen LogP contribution >= 0.6 is 11.6 Å². The Morgan fingerprint density at radius 3 is 2.95 bits per heavy atom. The lowest BCUT2D eigenvalue weighted by Gasteiger charge is -2.35. The molecule has 0 aromatic heterocycles. The minimum Gasteiger partial charge on any atom is -0.320 e. The highest BCUT2D eigenvalue weighted by molar-refractivity contribution is 6.33. The highest BCUT2D eigenvalue weighted by Crippen LogP contribution is 2.37. The van der Waals surface area contributed by atoms with Gasteiger partial charge in [-0.2, -0.15) is 0 Å². The Kier molecular flexibility index (Phi) is 3.06. The lowest BCUT2D eigenvalue weighted by molar-refractivity contribution is -0.135. The molecule has 2 aliphatic rings. The molecule has 0 spiro atoms. The maximum atomic E-state index is 11.9. The average Bonchev–Trinajstić information content (AvgIpc) is 2.40. The van der Waals surface area contributed by atoms with Crippen molar-refractivity contribution in [1.82, 2.24) is 10.2 Å². The van der Waals surface area contributed by atoms with Crippen LogP contribution in [0.25, 0.3) is 5.70 Å². The van der Waals surface area contributed by atoms with Gasteiger partial charge in [0.2, 0.25) is 11.8 Å². The highest BCUT2D eigenvalue weighted by atomic mass is 35.5. The van der Waals surface area contributed by atoms with Gasteiger partial charge in [0.25, 0.3) is 0 Å². The Hall–Kier alpha value is -2.14. The smallest absolute Gasteiger partial charge is 0.249 e. The minimum absolute atomic E-state index is 0.246. The number of piperidine rings is 1. The molecule has 0 saturated carbocycles. The lowest BCUT2D eigenvalue weighted by atomic mass is 10.0. The summed E-state index contributed by atoms with van der Waals surface area (Å²) < 4.78 is 0. The molecule has 5 nitrogen and oxygen atoms in total. The molecule has 0 aliphatic carbocycles. The van der Waals surface area contributed by atoms with Crippen molar-refractivity contribution in [2.75, 3.05) is 0 Å². The van der Waals surface area contributed by atoms with Gasteiger partial charge in [0.15, 0.2) is 0 Å². The summed E-state index contributed by atoms with van der Waals surface area (Å²) in [4.78, 5) is 29.1. The number of hydrogen-bond donors (Lipinski definition) is 1. The van der Waals surface area contributed by atoms with Crippen LogP contribution in [0, 0.1) is 0 Å². The number of aliphatic imine (C=N–C) groups is 1. The zero-order valence-electron chi connectivity index (χ0n) is 10.6. The van der Waals surface area contributed by atoms with Crippen LogP contribution in [-0.2, 0) is 9.59 Å². The van der Waals surface area contributed by atoms with E-state index < -0.39 is 6.04 Å². The molecule has 3 rings (SSSR count). The van der Waals surface area contributed by atoms with Gasteiger partial charge in [0, 0.05) is 17.7 Å². The van der Waals surface area contributed by atoms with E-state index in [0.29, 0.717) is 23.6 Å². The number of halogens is 1. The van der Waals surface area contributed by atoms with Gasteiger partial charge in [0.1, 0.15) is 6.04 Å². The molecule has 1 unspecified atom stereocenters. The molecular weight excluding hydrogens is 278 g/mol. The Labute approximate surface area is 120 Å². The molecule has 2 heterocycles. The van der Waals surface area contributed by atoms with Crippen molar-refractivity contribution >= 4 is 41.1 Å². The molecule has 2 aliphatic heterocycles. The largest absolute Gasteiger partial charge is 0.320 e. The van der Waals surface area contributed by atoms with Crippen LogP contribution in [0.5, 0.6) is 0 Å². The van der Waals surface area contributed by atoms with Crippen LogP contribution in [-0.4, -0.2) is 29.1 Å². The van der Waals surface area contributed by atoms with E-state index in [4.69, 9.17) is 11.6 Å². The Morgan fingerprint density at radius 1 is 1.40 bits per heavy atom. The van der Waals surface area contributed by atoms with Crippen molar-refractivity contribution in [3.8, 4) is 0 Å². The fraction of sp³-hybridized carbons (Fsp3) is 0.214. The molecule has 102 valence electrons. The number of fused-ring (bicyclic) bond motifs is 1. The number of benzene rings is 1. The monoisotopic (exact) mass is 289 g/mol. The highest BCUT2D eigenvalue weighted by Gasteiger charge is 2.34. The van der Waals surface area contributed by atoms with Crippen LogP contribution in [0.15, 0.2) is 29.8 Å². The summed E-state index contributed by atoms with van der Waals surface area (Å²) in [5.74, 6) is -0.575. The van der Waals surface area contributed by atoms with Crippen LogP contribution in [0.3, 0.4) is 0 Å². The van der Waals surface area contributed by atoms with Crippen LogP contribution < -0.4 is 5.32 Å². The van der Waals surface area contributed by atoms with E-state index in [0.717, 1.165) is 11.3 Å². The molecular formula is C14H12ClN3O2. The van der Waals surface area contributed by atoms with Crippen molar-refractivity contribution in [2.45, 2.75) is 18.9 Å². The van der Waals surface area contributed by atoms with Gasteiger partial charge in [-0.1, -0.05) is 24.2 Å². The van der Waals surface area contributed by atoms with E-state index in [1.165, 1.54) is 0 Å². The molecule has 1 atom stereocenters. The number of hydrogen-bond acceptors (Lipinski definition) is 4. The zero-order valence-corrected chi connectivity index (χ0v) is 11.4. The molecule has 1 fully saturated rings. The molecule has 1 aromatic carbocycles. The van der Waals surface area contributed by atoms with Crippen molar-refractivity contribution in [2.24, 2.45) is 4.99 Å². The number of nitrogens with one attached hydrogen (secondary N) is 1. The van der Waals surface area contributed by atoms with Crippen molar-refractivity contribution in [3.63, 3.8) is 0 Å². The van der Waals surface area contributed by atoms with Gasteiger partial charge in [-0.25, -0.2) is 4.99 Å². The van der Waals surface area contributed by atoms with Crippen LogP contribution in [0.1, 0.15) is 18.4 Å². The second-order valence-electron chi connectivity index (χ2n) is 4.70. The SMILES string of the molecule is C=C1c2c(Cl)cccc2N=CN1C1CCC(=O)NC1=O. The Morgan fingerprint density at radius 2 is 2.20 bits per heavy atom. The Bertz CT molecular complexity index is 654. The minimum atomic E-state index is -0.478. The predicted molar refractivity (Wildman–Crippen MR) is 76.6 cm³/mol. The van der Waals surface area contributed by atoms with E-state index in [1.807, 2.05) is 12.1 Å². The molecule has 6 heteroatoms. The first kappa shape index (κ1) is 12.9. The summed E-state index contributed by atoms with van der Waals surface area (Å²) in [6.45, 7) is 4.01. The third-order valence-corrected chi connectivity index (χ3v) is 3.77. The van der Waals surface area contributed by atoms with E-state index in [-0.39, 0.29) is 11.8 Å². The normalized spacial score (nSPS) is 21.8. The average molecular weight is 290 g/mol. The number of nitrogens with zero attached hydrogens (tertiary/aromatic N) is 2.